The van der Waals surface area contributed by atoms with E-state index in [9.17, 15) is 4.57 Å². The van der Waals surface area contributed by atoms with E-state index in [2.05, 4.69) is 15.0 Å². The Balaban J connectivity index is 1.67. The van der Waals surface area contributed by atoms with E-state index in [-0.39, 0.29) is 42.3 Å². The summed E-state index contributed by atoms with van der Waals surface area (Å²) in [6.45, 7) is 7.44. The maximum absolute atomic E-state index is 12.8. The maximum Gasteiger partial charge on any atom is 0.356 e. The number of nitrogens with two attached hydrogens (primary N) is 1. The van der Waals surface area contributed by atoms with Crippen molar-refractivity contribution in [1.29, 1.82) is 0 Å². The third kappa shape index (κ3) is 5.53. The quantitative estimate of drug-likeness (QED) is 0.369. The van der Waals surface area contributed by atoms with Gasteiger partial charge in [0, 0.05) is 0 Å². The fourth-order valence-corrected chi connectivity index (χ4v) is 4.84. The first-order valence-corrected chi connectivity index (χ1v) is 11.3. The Kier molecular flexibility index (Phi) is 6.93. The minimum atomic E-state index is -3.40. The van der Waals surface area contributed by atoms with Crippen LogP contribution in [0.5, 0.6) is 0 Å². The summed E-state index contributed by atoms with van der Waals surface area (Å²) in [5.41, 5.74) is 6.66. The van der Waals surface area contributed by atoms with Gasteiger partial charge in [-0.15, -0.1) is 0 Å². The van der Waals surface area contributed by atoms with Crippen LogP contribution >= 0.6 is 19.2 Å². The lowest BCUT2D eigenvalue weighted by Gasteiger charge is -2.27. The molecule has 1 aliphatic rings. The number of anilines is 1. The van der Waals surface area contributed by atoms with Crippen LogP contribution in [0.1, 0.15) is 33.7 Å². The predicted molar refractivity (Wildman–Crippen MR) is 109 cm³/mol. The van der Waals surface area contributed by atoms with E-state index >= 15 is 0 Å². The van der Waals surface area contributed by atoms with Crippen molar-refractivity contribution in [1.82, 2.24) is 19.5 Å². The van der Waals surface area contributed by atoms with Crippen molar-refractivity contribution in [2.24, 2.45) is 0 Å². The number of fused-ring (bicyclic) bond motifs is 1. The molecule has 2 aromatic rings. The number of imidazole rings is 1. The largest absolute Gasteiger partial charge is 0.368 e. The Hall–Kier alpha value is -1.55. The second-order valence-corrected chi connectivity index (χ2v) is 9.33. The Morgan fingerprint density at radius 3 is 2.55 bits per heavy atom. The highest BCUT2D eigenvalue weighted by Gasteiger charge is 2.30. The van der Waals surface area contributed by atoms with Crippen LogP contribution in [0.2, 0.25) is 5.15 Å². The van der Waals surface area contributed by atoms with Crippen molar-refractivity contribution in [3.63, 3.8) is 0 Å². The second-order valence-electron chi connectivity index (χ2n) is 7.07. The first-order chi connectivity index (χ1) is 13.7. The van der Waals surface area contributed by atoms with Gasteiger partial charge in [-0.2, -0.15) is 9.97 Å². The normalized spacial score (nSPS) is 20.2. The van der Waals surface area contributed by atoms with Crippen molar-refractivity contribution >= 4 is 36.3 Å². The van der Waals surface area contributed by atoms with E-state index in [1.165, 1.54) is 0 Å². The maximum atomic E-state index is 12.8. The topological polar surface area (TPSA) is 124 Å². The van der Waals surface area contributed by atoms with E-state index in [0.717, 1.165) is 0 Å². The summed E-state index contributed by atoms with van der Waals surface area (Å²) in [6.07, 6.45) is 3.81. The Morgan fingerprint density at radius 1 is 1.28 bits per heavy atom. The van der Waals surface area contributed by atoms with Gasteiger partial charge in [-0.1, -0.05) is 17.7 Å². The van der Waals surface area contributed by atoms with E-state index in [0.29, 0.717) is 11.2 Å². The summed E-state index contributed by atoms with van der Waals surface area (Å²) < 4.78 is 36.9. The molecule has 0 radical (unpaired) electrons. The van der Waals surface area contributed by atoms with Gasteiger partial charge in [0.25, 0.3) is 0 Å². The number of nitrogen functional groups attached to an aromatic ring is 1. The third-order valence-electron chi connectivity index (χ3n) is 3.81. The van der Waals surface area contributed by atoms with Gasteiger partial charge in [-0.05, 0) is 33.8 Å². The number of rotatable bonds is 8. The fourth-order valence-electron chi connectivity index (χ4n) is 2.83. The predicted octanol–water partition coefficient (Wildman–Crippen LogP) is 3.53. The molecule has 2 atom stereocenters. The molecule has 0 spiro atoms. The third-order valence-corrected chi connectivity index (χ3v) is 6.03. The van der Waals surface area contributed by atoms with Crippen LogP contribution < -0.4 is 5.73 Å². The summed E-state index contributed by atoms with van der Waals surface area (Å²) in [7, 11) is -3.40. The van der Waals surface area contributed by atoms with Crippen LogP contribution in [0.15, 0.2) is 18.5 Å². The molecule has 0 amide bonds. The molecule has 3 heterocycles. The molecule has 2 aromatic heterocycles. The van der Waals surface area contributed by atoms with Crippen LogP contribution in [0, 0.1) is 0 Å². The van der Waals surface area contributed by atoms with Gasteiger partial charge in [-0.25, -0.2) is 4.98 Å². The van der Waals surface area contributed by atoms with Crippen molar-refractivity contribution in [2.45, 2.75) is 52.2 Å². The average Bonchev–Trinajstić information content (AvgIpc) is 3.03. The van der Waals surface area contributed by atoms with Crippen LogP contribution in [0.3, 0.4) is 0 Å². The average molecular weight is 446 g/mol. The molecule has 29 heavy (non-hydrogen) atoms. The number of hydrogen-bond acceptors (Lipinski definition) is 9. The van der Waals surface area contributed by atoms with Gasteiger partial charge in [0.2, 0.25) is 5.95 Å². The van der Waals surface area contributed by atoms with E-state index in [1.54, 1.807) is 44.7 Å². The van der Waals surface area contributed by atoms with Gasteiger partial charge in [0.15, 0.2) is 23.4 Å². The zero-order chi connectivity index (χ0) is 21.2. The number of aromatic nitrogens is 4. The Bertz CT molecular complexity index is 920. The van der Waals surface area contributed by atoms with Gasteiger partial charge in [-0.3, -0.25) is 4.57 Å². The standard InChI is InChI=1S/C17H25ClN5O5P/c1-10(2)27-29(24,28-11(3)4)9-26-13-6-5-12(7-25-13)23-8-20-14-15(18)21-17(19)22-16(14)23/h5-6,8,10-13H,7,9H2,1-4H3,(H2,19,21,22)/t12-,13+/m1/s1. The molecule has 12 heteroatoms. The van der Waals surface area contributed by atoms with Gasteiger partial charge in [0.1, 0.15) is 5.52 Å². The summed E-state index contributed by atoms with van der Waals surface area (Å²) in [6, 6.07) is -0.184. The van der Waals surface area contributed by atoms with E-state index in [1.807, 2.05) is 6.08 Å². The number of hydrogen-bond donors (Lipinski definition) is 1. The lowest BCUT2D eigenvalue weighted by atomic mass is 10.2. The Labute approximate surface area is 173 Å². The zero-order valence-electron chi connectivity index (χ0n) is 16.7. The van der Waals surface area contributed by atoms with Crippen molar-refractivity contribution in [2.75, 3.05) is 18.7 Å². The number of halogens is 1. The minimum absolute atomic E-state index is 0.0669. The second kappa shape index (κ2) is 9.07. The van der Waals surface area contributed by atoms with Crippen molar-refractivity contribution in [3.05, 3.63) is 23.6 Å². The molecule has 0 bridgehead atoms. The molecule has 0 aromatic carbocycles. The smallest absolute Gasteiger partial charge is 0.356 e. The van der Waals surface area contributed by atoms with Crippen LogP contribution in [-0.2, 0) is 23.1 Å². The van der Waals surface area contributed by atoms with E-state index < -0.39 is 13.9 Å². The van der Waals surface area contributed by atoms with Crippen LogP contribution in [0.25, 0.3) is 11.2 Å². The molecule has 0 saturated carbocycles. The van der Waals surface area contributed by atoms with Crippen molar-refractivity contribution in [3.8, 4) is 0 Å². The molecular weight excluding hydrogens is 421 g/mol. The molecule has 3 rings (SSSR count). The summed E-state index contributed by atoms with van der Waals surface area (Å²) >= 11 is 6.07. The molecular formula is C17H25ClN5O5P. The first-order valence-electron chi connectivity index (χ1n) is 9.20. The fraction of sp³-hybridized carbons (Fsp3) is 0.588. The molecule has 0 saturated heterocycles. The lowest BCUT2D eigenvalue weighted by molar-refractivity contribution is -0.114. The highest BCUT2D eigenvalue weighted by molar-refractivity contribution is 7.53. The zero-order valence-corrected chi connectivity index (χ0v) is 18.3. The molecule has 1 aliphatic heterocycles. The highest BCUT2D eigenvalue weighted by atomic mass is 35.5. The Morgan fingerprint density at radius 2 is 1.97 bits per heavy atom. The molecule has 0 aliphatic carbocycles. The van der Waals surface area contributed by atoms with E-state index in [4.69, 9.17) is 35.9 Å². The van der Waals surface area contributed by atoms with Gasteiger partial charge in [0.05, 0.1) is 31.2 Å². The molecule has 2 N–H and O–H groups in total. The molecule has 160 valence electrons. The highest BCUT2D eigenvalue weighted by Crippen LogP contribution is 2.50. The minimum Gasteiger partial charge on any atom is -0.368 e. The van der Waals surface area contributed by atoms with Crippen LogP contribution in [-0.4, -0.2) is 51.0 Å². The SMILES string of the molecule is CC(C)OP(=O)(CO[C@H]1C=C[C@@H](n2cnc3c(Cl)nc(N)nc32)CO1)OC(C)C. The van der Waals surface area contributed by atoms with Gasteiger partial charge < -0.3 is 28.8 Å². The summed E-state index contributed by atoms with van der Waals surface area (Å²) in [5, 5.41) is 0.194. The molecule has 0 fully saturated rings. The molecule has 10 nitrogen and oxygen atoms in total. The van der Waals surface area contributed by atoms with Crippen molar-refractivity contribution < 1.29 is 23.1 Å². The summed E-state index contributed by atoms with van der Waals surface area (Å²) in [4.78, 5) is 12.3. The van der Waals surface area contributed by atoms with Gasteiger partial charge >= 0.3 is 7.60 Å². The summed E-state index contributed by atoms with van der Waals surface area (Å²) in [5.74, 6) is 0.0669. The lowest BCUT2D eigenvalue weighted by Crippen LogP contribution is -2.26. The molecule has 0 unspecified atom stereocenters. The first kappa shape index (κ1) is 22.1. The monoisotopic (exact) mass is 445 g/mol. The number of ether oxygens (including phenoxy) is 2. The number of nitrogens with zero attached hydrogens (tertiary/aromatic N) is 4. The van der Waals surface area contributed by atoms with Crippen LogP contribution in [0.4, 0.5) is 5.95 Å².